The molecule has 8 aliphatic carbocycles. The number of carbonyl (C=O) groups excluding carboxylic acids is 3. The van der Waals surface area contributed by atoms with Gasteiger partial charge in [-0.2, -0.15) is 0 Å². The molecule has 0 aliphatic heterocycles. The van der Waals surface area contributed by atoms with Gasteiger partial charge in [-0.05, 0) is 205 Å². The summed E-state index contributed by atoms with van der Waals surface area (Å²) in [5.74, 6) is 4.07. The van der Waals surface area contributed by atoms with E-state index >= 15 is 0 Å². The molecule has 0 spiro atoms. The monoisotopic (exact) mass is 971 g/mol. The molecule has 2 aromatic heterocycles. The van der Waals surface area contributed by atoms with Crippen LogP contribution in [0, 0.1) is 80.8 Å². The molecule has 4 N–H and O–H groups in total. The molecule has 0 aromatic carbocycles. The quantitative estimate of drug-likeness (QED) is 0.181. The Hall–Kier alpha value is -2.96. The minimum Gasteiger partial charge on any atom is -0.870 e. The van der Waals surface area contributed by atoms with Gasteiger partial charge >= 0.3 is 30.8 Å². The van der Waals surface area contributed by atoms with Gasteiger partial charge < -0.3 is 25.5 Å². The Morgan fingerprint density at radius 2 is 0.986 bits per heavy atom. The van der Waals surface area contributed by atoms with Crippen LogP contribution in [0.5, 0.6) is 0 Å². The number of hydrogen-bond donors (Lipinski definition) is 3. The predicted octanol–water partition coefficient (Wildman–Crippen LogP) is 6.49. The smallest absolute Gasteiger partial charge is 0.870 e. The first-order valence-corrected chi connectivity index (χ1v) is 25.8. The Labute approximate surface area is 429 Å². The molecule has 8 aliphatic rings. The van der Waals surface area contributed by atoms with Crippen LogP contribution < -0.4 is 18.9 Å². The zero-order valence-corrected chi connectivity index (χ0v) is 42.3. The van der Waals surface area contributed by atoms with Crippen LogP contribution in [-0.4, -0.2) is 92.1 Å². The van der Waals surface area contributed by atoms with Gasteiger partial charge in [0.15, 0.2) is 23.0 Å². The number of hydrogen-bond acceptors (Lipinski definition) is 12. The number of carboxylic acids is 1. The molecule has 388 valence electrons. The molecular weight excluding hydrogens is 884 g/mol. The summed E-state index contributed by atoms with van der Waals surface area (Å²) in [5.41, 5.74) is -0.245. The number of aliphatic hydroxyl groups is 2. The topological polar surface area (TPSA) is 230 Å². The number of esters is 1. The van der Waals surface area contributed by atoms with Crippen LogP contribution in [0.25, 0.3) is 0 Å². The summed E-state index contributed by atoms with van der Waals surface area (Å²) in [5, 5.41) is 45.9. The minimum absolute atomic E-state index is 0. The average Bonchev–Trinajstić information content (AvgIpc) is 4.07. The number of aromatic carboxylic acids is 1. The Morgan fingerprint density at radius 3 is 1.39 bits per heavy atom. The van der Waals surface area contributed by atoms with E-state index in [1.165, 1.54) is 60.3 Å². The van der Waals surface area contributed by atoms with Crippen LogP contribution in [0.3, 0.4) is 0 Å². The Bertz CT molecular complexity index is 2200. The van der Waals surface area contributed by atoms with E-state index < -0.39 is 23.1 Å². The van der Waals surface area contributed by atoms with E-state index in [0.29, 0.717) is 52.3 Å². The van der Waals surface area contributed by atoms with E-state index in [-0.39, 0.29) is 105 Å². The average molecular weight is 971 g/mol. The van der Waals surface area contributed by atoms with Crippen molar-refractivity contribution in [1.82, 2.24) is 30.0 Å². The normalized spacial score (nSPS) is 42.0. The van der Waals surface area contributed by atoms with Crippen LogP contribution in [0.4, 0.5) is 0 Å². The standard InChI is InChI=1S/C27H41N3O4.C25H37N3O4.2CH4.Li.H2O/c1-5-34-24(32)22-15-30(29-28-22)16-23(31)21-9-8-19-18-7-6-17-14-25(2,33)12-13-26(17,3)20(18)10-11-27(19,21)4;1-23(32)10-11-24(2)15(12-23)4-5-16-17-6-7-19(25(17,3)9-8-18(16)24)21(29)14-28-13-20(22(30)31)26-27-28;;;;/h15,17-21,33H,5-14,16H2,1-4H3;13,15-19,32H,4-12,14H2,1-3H3,(H,30,31);2*1H4;;1H2/q;;;;+1;/p-1/t17-,18+,19+,20+,21-,25-,26+,27+;15-,16+,17+,18+,19-,23-,24+,25+;;;;/m11..../s1. The Balaban J connectivity index is 0.000000247. The second-order valence-electron chi connectivity index (χ2n) is 24.6. The molecule has 10 rings (SSSR count). The fourth-order valence-corrected chi connectivity index (χ4v) is 17.6. The Kier molecular flexibility index (Phi) is 17.5. The van der Waals surface area contributed by atoms with Crippen LogP contribution in [0.15, 0.2) is 12.4 Å². The molecule has 16 atom stereocenters. The van der Waals surface area contributed by atoms with E-state index in [0.717, 1.165) is 83.0 Å². The van der Waals surface area contributed by atoms with Gasteiger partial charge in [0.1, 0.15) is 13.1 Å². The fourth-order valence-electron chi connectivity index (χ4n) is 17.6. The molecule has 15 nitrogen and oxygen atoms in total. The second-order valence-corrected chi connectivity index (χ2v) is 24.6. The van der Waals surface area contributed by atoms with Crippen molar-refractivity contribution >= 4 is 23.5 Å². The van der Waals surface area contributed by atoms with E-state index in [1.54, 1.807) is 6.92 Å². The summed E-state index contributed by atoms with van der Waals surface area (Å²) in [6, 6.07) is 0. The minimum atomic E-state index is -1.12. The third kappa shape index (κ3) is 10.2. The molecule has 2 heterocycles. The third-order valence-corrected chi connectivity index (χ3v) is 21.1. The fraction of sp³-hybridized carbons (Fsp3) is 0.852. The maximum atomic E-state index is 13.5. The molecule has 0 radical (unpaired) electrons. The number of ether oxygens (including phenoxy) is 1. The summed E-state index contributed by atoms with van der Waals surface area (Å²) in [4.78, 5) is 49.8. The number of rotatable bonds is 9. The van der Waals surface area contributed by atoms with Crippen LogP contribution >= 0.6 is 0 Å². The van der Waals surface area contributed by atoms with Crippen LogP contribution in [0.1, 0.15) is 200 Å². The summed E-state index contributed by atoms with van der Waals surface area (Å²) >= 11 is 0. The number of aromatic nitrogens is 6. The second kappa shape index (κ2) is 21.1. The van der Waals surface area contributed by atoms with Crippen molar-refractivity contribution < 1.29 is 63.6 Å². The van der Waals surface area contributed by atoms with Gasteiger partial charge in [-0.25, -0.2) is 19.0 Å². The molecule has 8 fully saturated rings. The number of fused-ring (bicyclic) bond motifs is 10. The van der Waals surface area contributed by atoms with E-state index in [9.17, 15) is 29.4 Å². The SMILES string of the molecule is C.C.CCOC(=O)c1cn(CC(=O)[C@H]2CC[C@H]3[C@@H]4CC[C@@H]5C[C@](C)(O)CC[C@]5(C)[C@H]4CC[C@]23C)nn1.C[C@@]1(O)CC[C@@]2(C)[C@H](CC[C@@H]3[C@@H]2CC[C@]2(C)[C@@H](C(=O)Cn4cc(C(=O)O)nn4)CC[C@@H]32)C1.[Li+].[OH-]. The zero-order chi connectivity index (χ0) is 47.2. The molecule has 0 unspecified atom stereocenters. The van der Waals surface area contributed by atoms with Gasteiger partial charge in [0.05, 0.1) is 30.2 Å². The molecule has 16 heteroatoms. The van der Waals surface area contributed by atoms with Crippen molar-refractivity contribution in [3.63, 3.8) is 0 Å². The van der Waals surface area contributed by atoms with Gasteiger partial charge in [-0.3, -0.25) is 9.59 Å². The van der Waals surface area contributed by atoms with Crippen LogP contribution in [0.2, 0.25) is 0 Å². The maximum Gasteiger partial charge on any atom is 1.00 e. The third-order valence-electron chi connectivity index (χ3n) is 21.1. The van der Waals surface area contributed by atoms with Gasteiger partial charge in [-0.15, -0.1) is 10.2 Å². The number of carbonyl (C=O) groups is 4. The first-order valence-electron chi connectivity index (χ1n) is 25.8. The number of carboxylic acid groups (broad SMARTS) is 1. The van der Waals surface area contributed by atoms with Crippen LogP contribution in [-0.2, 0) is 27.4 Å². The van der Waals surface area contributed by atoms with E-state index in [2.05, 4.69) is 48.3 Å². The van der Waals surface area contributed by atoms with Gasteiger partial charge in [0.25, 0.3) is 0 Å². The number of nitrogens with zero attached hydrogens (tertiary/aromatic N) is 6. The molecule has 0 saturated heterocycles. The molecular formula is C54H87LiN6O9. The van der Waals surface area contributed by atoms with Crippen molar-refractivity contribution in [2.75, 3.05) is 6.61 Å². The van der Waals surface area contributed by atoms with Crippen molar-refractivity contribution in [3.8, 4) is 0 Å². The maximum absolute atomic E-state index is 13.5. The largest absolute Gasteiger partial charge is 1.00 e. The molecule has 0 amide bonds. The first-order chi connectivity index (χ1) is 31.1. The summed E-state index contributed by atoms with van der Waals surface area (Å²) < 4.78 is 7.87. The summed E-state index contributed by atoms with van der Waals surface area (Å²) in [6.07, 6.45) is 22.5. The van der Waals surface area contributed by atoms with Gasteiger partial charge in [0.2, 0.25) is 0 Å². The molecule has 2 aromatic rings. The van der Waals surface area contributed by atoms with Crippen molar-refractivity contribution in [2.24, 2.45) is 80.8 Å². The Morgan fingerprint density at radius 1 is 0.586 bits per heavy atom. The van der Waals surface area contributed by atoms with Crippen molar-refractivity contribution in [3.05, 3.63) is 23.8 Å². The molecule has 8 saturated carbocycles. The summed E-state index contributed by atoms with van der Waals surface area (Å²) in [7, 11) is 0. The van der Waals surface area contributed by atoms with Gasteiger partial charge in [0, 0.05) is 11.8 Å². The zero-order valence-electron chi connectivity index (χ0n) is 42.3. The number of ketones is 2. The first kappa shape index (κ1) is 57.9. The van der Waals surface area contributed by atoms with E-state index in [1.807, 2.05) is 13.8 Å². The predicted molar refractivity (Wildman–Crippen MR) is 260 cm³/mol. The van der Waals surface area contributed by atoms with Crippen molar-refractivity contribution in [2.45, 2.75) is 203 Å². The van der Waals surface area contributed by atoms with Crippen molar-refractivity contribution in [1.29, 1.82) is 0 Å². The summed E-state index contributed by atoms with van der Waals surface area (Å²) in [6.45, 7) is 16.1. The van der Waals surface area contributed by atoms with Gasteiger partial charge in [-0.1, -0.05) is 53.0 Å². The molecule has 0 bridgehead atoms. The number of Topliss-reactive ketones (excluding diaryl/α,β-unsaturated/α-hetero) is 2. The van der Waals surface area contributed by atoms with E-state index in [4.69, 9.17) is 9.84 Å². The molecule has 70 heavy (non-hydrogen) atoms.